The van der Waals surface area contributed by atoms with Gasteiger partial charge in [0.1, 0.15) is 11.5 Å². The van der Waals surface area contributed by atoms with E-state index < -0.39 is 17.9 Å². The van der Waals surface area contributed by atoms with E-state index in [9.17, 15) is 14.4 Å². The van der Waals surface area contributed by atoms with E-state index in [-0.39, 0.29) is 5.70 Å². The molecule has 3 heterocycles. The Bertz CT molecular complexity index is 1270. The van der Waals surface area contributed by atoms with Crippen LogP contribution in [0.25, 0.3) is 23.0 Å². The molecular formula is C21H18N6O4. The molecule has 3 amide bonds. The number of imide groups is 1. The smallest absolute Gasteiger partial charge is 0.337 e. The van der Waals surface area contributed by atoms with Crippen molar-refractivity contribution in [2.24, 2.45) is 0 Å². The molecule has 3 N–H and O–H groups in total. The van der Waals surface area contributed by atoms with E-state index in [0.717, 1.165) is 24.2 Å². The maximum atomic E-state index is 11.9. The van der Waals surface area contributed by atoms with E-state index >= 15 is 0 Å². The number of aromatic nitrogens is 3. The molecule has 156 valence electrons. The van der Waals surface area contributed by atoms with Crippen molar-refractivity contribution in [3.05, 3.63) is 53.4 Å². The van der Waals surface area contributed by atoms with Crippen molar-refractivity contribution in [2.45, 2.75) is 18.9 Å². The van der Waals surface area contributed by atoms with Gasteiger partial charge in [0.05, 0.1) is 24.6 Å². The second-order valence-electron chi connectivity index (χ2n) is 7.32. The molecule has 1 saturated heterocycles. The number of rotatable bonds is 5. The van der Waals surface area contributed by atoms with Gasteiger partial charge in [-0.1, -0.05) is 12.1 Å². The molecule has 2 aliphatic rings. The minimum atomic E-state index is -0.572. The summed E-state index contributed by atoms with van der Waals surface area (Å²) in [6, 6.07) is 8.67. The Kier molecular flexibility index (Phi) is 4.39. The van der Waals surface area contributed by atoms with Crippen LogP contribution in [-0.4, -0.2) is 45.7 Å². The first kappa shape index (κ1) is 18.8. The number of methoxy groups -OCH3 is 1. The van der Waals surface area contributed by atoms with Gasteiger partial charge in [0, 0.05) is 23.2 Å². The highest BCUT2D eigenvalue weighted by atomic mass is 16.5. The van der Waals surface area contributed by atoms with Crippen molar-refractivity contribution in [1.82, 2.24) is 25.2 Å². The Morgan fingerprint density at radius 3 is 2.81 bits per heavy atom. The highest BCUT2D eigenvalue weighted by molar-refractivity contribution is 6.14. The molecule has 1 aromatic carbocycles. The summed E-state index contributed by atoms with van der Waals surface area (Å²) in [5.41, 5.74) is 2.97. The number of carbonyl (C=O) groups is 3. The number of hydrogen-bond donors (Lipinski definition) is 3. The van der Waals surface area contributed by atoms with Crippen molar-refractivity contribution in [2.75, 3.05) is 12.4 Å². The highest BCUT2D eigenvalue weighted by Gasteiger charge is 2.25. The number of anilines is 1. The summed E-state index contributed by atoms with van der Waals surface area (Å²) in [6.07, 6.45) is 5.26. The van der Waals surface area contributed by atoms with Crippen LogP contribution in [0.2, 0.25) is 0 Å². The number of benzene rings is 1. The van der Waals surface area contributed by atoms with Crippen molar-refractivity contribution in [1.29, 1.82) is 0 Å². The third-order valence-corrected chi connectivity index (χ3v) is 5.03. The minimum Gasteiger partial charge on any atom is -0.465 e. The van der Waals surface area contributed by atoms with E-state index in [2.05, 4.69) is 21.0 Å². The summed E-state index contributed by atoms with van der Waals surface area (Å²) >= 11 is 0. The van der Waals surface area contributed by atoms with Crippen LogP contribution in [0.4, 0.5) is 10.6 Å². The predicted octanol–water partition coefficient (Wildman–Crippen LogP) is 1.94. The van der Waals surface area contributed by atoms with Crippen molar-refractivity contribution < 1.29 is 19.1 Å². The third-order valence-electron chi connectivity index (χ3n) is 5.03. The van der Waals surface area contributed by atoms with Gasteiger partial charge in [-0.15, -0.1) is 0 Å². The molecule has 0 unspecified atom stereocenters. The van der Waals surface area contributed by atoms with Gasteiger partial charge in [-0.25, -0.2) is 14.6 Å². The van der Waals surface area contributed by atoms with Crippen LogP contribution in [-0.2, 0) is 9.53 Å². The second kappa shape index (κ2) is 7.24. The zero-order valence-electron chi connectivity index (χ0n) is 16.5. The molecule has 0 bridgehead atoms. The number of ether oxygens (including phenoxy) is 1. The van der Waals surface area contributed by atoms with Gasteiger partial charge >= 0.3 is 12.0 Å². The number of esters is 1. The molecule has 1 aliphatic carbocycles. The zero-order valence-corrected chi connectivity index (χ0v) is 16.5. The van der Waals surface area contributed by atoms with Crippen molar-refractivity contribution in [3.63, 3.8) is 0 Å². The molecule has 10 heteroatoms. The molecule has 5 rings (SSSR count). The third kappa shape index (κ3) is 3.59. The van der Waals surface area contributed by atoms with Gasteiger partial charge in [0.15, 0.2) is 5.65 Å². The van der Waals surface area contributed by atoms with Gasteiger partial charge in [-0.2, -0.15) is 9.61 Å². The second-order valence-corrected chi connectivity index (χ2v) is 7.32. The molecule has 3 aromatic rings. The Labute approximate surface area is 176 Å². The van der Waals surface area contributed by atoms with Gasteiger partial charge in [-0.3, -0.25) is 10.1 Å². The first-order chi connectivity index (χ1) is 15.0. The maximum Gasteiger partial charge on any atom is 0.337 e. The fourth-order valence-electron chi connectivity index (χ4n) is 3.33. The predicted molar refractivity (Wildman–Crippen MR) is 111 cm³/mol. The lowest BCUT2D eigenvalue weighted by molar-refractivity contribution is -0.115. The Balaban J connectivity index is 1.64. The monoisotopic (exact) mass is 418 g/mol. The maximum absolute atomic E-state index is 11.9. The van der Waals surface area contributed by atoms with Crippen LogP contribution in [0, 0.1) is 0 Å². The van der Waals surface area contributed by atoms with E-state index in [1.807, 2.05) is 12.1 Å². The first-order valence-electron chi connectivity index (χ1n) is 9.70. The lowest BCUT2D eigenvalue weighted by Gasteiger charge is -2.11. The Hall–Kier alpha value is -4.21. The summed E-state index contributed by atoms with van der Waals surface area (Å²) in [6.45, 7) is 0. The molecule has 0 atom stereocenters. The van der Waals surface area contributed by atoms with E-state index in [0.29, 0.717) is 28.5 Å². The number of amides is 3. The minimum absolute atomic E-state index is 0.122. The van der Waals surface area contributed by atoms with E-state index in [1.165, 1.54) is 13.2 Å². The number of urea groups is 1. The molecular weight excluding hydrogens is 400 g/mol. The highest BCUT2D eigenvalue weighted by Crippen LogP contribution is 2.29. The molecule has 2 fully saturated rings. The number of hydrogen-bond acceptors (Lipinski definition) is 7. The van der Waals surface area contributed by atoms with Crippen LogP contribution < -0.4 is 16.0 Å². The average Bonchev–Trinajstić information content (AvgIpc) is 3.41. The SMILES string of the molecule is COC(=O)c1cccc(-c2cc(NC3CC3)n3ncc(C=C4NC(=O)NC4=O)c3n2)c1. The number of nitrogens with zero attached hydrogens (tertiary/aromatic N) is 3. The molecule has 1 aliphatic heterocycles. The summed E-state index contributed by atoms with van der Waals surface area (Å²) in [4.78, 5) is 40.0. The molecule has 0 radical (unpaired) electrons. The normalized spacial score (nSPS) is 17.0. The standard InChI is InChI=1S/C21H18N6O4/c1-31-20(29)12-4-2-3-11(7-12)15-9-17(23-14-5-6-14)27-18(24-15)13(10-22-27)8-16-19(28)26-21(30)25-16/h2-4,7-10,14,23H,5-6H2,1H3,(H2,25,26,28,30). The van der Waals surface area contributed by atoms with Gasteiger partial charge in [0.25, 0.3) is 5.91 Å². The molecule has 2 aromatic heterocycles. The fourth-order valence-corrected chi connectivity index (χ4v) is 3.33. The van der Waals surface area contributed by atoms with E-state index in [1.54, 1.807) is 28.9 Å². The van der Waals surface area contributed by atoms with Gasteiger partial charge in [0.2, 0.25) is 0 Å². The summed E-state index contributed by atoms with van der Waals surface area (Å²) in [5.74, 6) is -0.199. The van der Waals surface area contributed by atoms with Crippen LogP contribution in [0.5, 0.6) is 0 Å². The summed E-state index contributed by atoms with van der Waals surface area (Å²) in [5, 5.41) is 12.5. The lowest BCUT2D eigenvalue weighted by atomic mass is 10.1. The Morgan fingerprint density at radius 1 is 1.26 bits per heavy atom. The summed E-state index contributed by atoms with van der Waals surface area (Å²) in [7, 11) is 1.33. The van der Waals surface area contributed by atoms with Gasteiger partial charge in [-0.05, 0) is 31.1 Å². The molecule has 10 nitrogen and oxygen atoms in total. The first-order valence-corrected chi connectivity index (χ1v) is 9.70. The quantitative estimate of drug-likeness (QED) is 0.328. The van der Waals surface area contributed by atoms with Crippen LogP contribution >= 0.6 is 0 Å². The summed E-state index contributed by atoms with van der Waals surface area (Å²) < 4.78 is 6.48. The van der Waals surface area contributed by atoms with Crippen LogP contribution in [0.15, 0.2) is 42.2 Å². The largest absolute Gasteiger partial charge is 0.465 e. The number of nitrogens with one attached hydrogen (secondary N) is 3. The molecule has 1 saturated carbocycles. The fraction of sp³-hybridized carbons (Fsp3) is 0.190. The van der Waals surface area contributed by atoms with E-state index in [4.69, 9.17) is 9.72 Å². The number of carbonyl (C=O) groups excluding carboxylic acids is 3. The van der Waals surface area contributed by atoms with Crippen molar-refractivity contribution in [3.8, 4) is 11.3 Å². The topological polar surface area (TPSA) is 127 Å². The lowest BCUT2D eigenvalue weighted by Crippen LogP contribution is -2.22. The zero-order chi connectivity index (χ0) is 21.5. The molecule has 0 spiro atoms. The Morgan fingerprint density at radius 2 is 2.10 bits per heavy atom. The molecule has 31 heavy (non-hydrogen) atoms. The van der Waals surface area contributed by atoms with Crippen LogP contribution in [0.3, 0.4) is 0 Å². The number of fused-ring (bicyclic) bond motifs is 1. The van der Waals surface area contributed by atoms with Gasteiger partial charge < -0.3 is 15.4 Å². The van der Waals surface area contributed by atoms with Crippen LogP contribution in [0.1, 0.15) is 28.8 Å². The van der Waals surface area contributed by atoms with Crippen molar-refractivity contribution >= 4 is 35.4 Å². The average molecular weight is 418 g/mol.